The van der Waals surface area contributed by atoms with Crippen molar-refractivity contribution in [1.82, 2.24) is 9.78 Å². The number of hydrogen-bond donors (Lipinski definition) is 1. The third-order valence-electron chi connectivity index (χ3n) is 2.60. The summed E-state index contributed by atoms with van der Waals surface area (Å²) in [7, 11) is 1.67. The maximum absolute atomic E-state index is 5.11. The lowest BCUT2D eigenvalue weighted by atomic mass is 10.3. The molecule has 2 aromatic rings. The van der Waals surface area contributed by atoms with Crippen molar-refractivity contribution >= 4 is 5.69 Å². The zero-order chi connectivity index (χ0) is 12.1. The van der Waals surface area contributed by atoms with Crippen LogP contribution in [0.15, 0.2) is 36.7 Å². The van der Waals surface area contributed by atoms with Gasteiger partial charge in [-0.25, -0.2) is 0 Å². The number of aromatic nitrogens is 2. The fourth-order valence-electron chi connectivity index (χ4n) is 1.58. The number of nitrogens with one attached hydrogen (secondary N) is 1. The first-order valence-electron chi connectivity index (χ1n) is 5.71. The zero-order valence-electron chi connectivity index (χ0n) is 10.2. The summed E-state index contributed by atoms with van der Waals surface area (Å²) in [6.45, 7) is 3.77. The summed E-state index contributed by atoms with van der Waals surface area (Å²) in [6, 6.07) is 7.89. The molecule has 90 valence electrons. The molecule has 1 aromatic heterocycles. The molecule has 0 bridgehead atoms. The molecule has 1 aromatic carbocycles. The van der Waals surface area contributed by atoms with Crippen molar-refractivity contribution in [2.24, 2.45) is 0 Å². The van der Waals surface area contributed by atoms with Crippen LogP contribution in [0.5, 0.6) is 5.75 Å². The quantitative estimate of drug-likeness (QED) is 0.859. The van der Waals surface area contributed by atoms with Gasteiger partial charge in [-0.2, -0.15) is 5.10 Å². The van der Waals surface area contributed by atoms with E-state index in [-0.39, 0.29) is 0 Å². The molecular formula is C13H17N3O. The van der Waals surface area contributed by atoms with Gasteiger partial charge < -0.3 is 10.1 Å². The zero-order valence-corrected chi connectivity index (χ0v) is 10.2. The molecule has 0 aliphatic carbocycles. The fraction of sp³-hybridized carbons (Fsp3) is 0.308. The van der Waals surface area contributed by atoms with Gasteiger partial charge in [0.15, 0.2) is 0 Å². The summed E-state index contributed by atoms with van der Waals surface area (Å²) in [5, 5.41) is 7.57. The molecule has 0 fully saturated rings. The largest absolute Gasteiger partial charge is 0.497 e. The minimum Gasteiger partial charge on any atom is -0.497 e. The van der Waals surface area contributed by atoms with Crippen molar-refractivity contribution < 1.29 is 4.74 Å². The van der Waals surface area contributed by atoms with Gasteiger partial charge in [0, 0.05) is 30.5 Å². The number of rotatable bonds is 5. The molecule has 0 saturated heterocycles. The molecule has 0 radical (unpaired) electrons. The number of nitrogens with zero attached hydrogens (tertiary/aromatic N) is 2. The Morgan fingerprint density at radius 3 is 2.65 bits per heavy atom. The summed E-state index contributed by atoms with van der Waals surface area (Å²) in [6.07, 6.45) is 3.94. The van der Waals surface area contributed by atoms with Crippen LogP contribution in [-0.2, 0) is 13.1 Å². The molecule has 2 rings (SSSR count). The van der Waals surface area contributed by atoms with Crippen molar-refractivity contribution in [3.05, 3.63) is 42.2 Å². The number of anilines is 1. The van der Waals surface area contributed by atoms with Crippen LogP contribution < -0.4 is 10.1 Å². The highest BCUT2D eigenvalue weighted by molar-refractivity contribution is 5.46. The Morgan fingerprint density at radius 1 is 1.29 bits per heavy atom. The molecule has 17 heavy (non-hydrogen) atoms. The lowest BCUT2D eigenvalue weighted by Crippen LogP contribution is -1.98. The first-order valence-corrected chi connectivity index (χ1v) is 5.71. The molecule has 0 spiro atoms. The standard InChI is InChI=1S/C13H17N3O/c1-3-16-10-11(9-15-16)8-14-12-4-6-13(17-2)7-5-12/h4-7,9-10,14H,3,8H2,1-2H3. The molecule has 0 amide bonds. The van der Waals surface area contributed by atoms with Crippen LogP contribution in [0.4, 0.5) is 5.69 Å². The number of aryl methyl sites for hydroxylation is 1. The Labute approximate surface area is 101 Å². The fourth-order valence-corrected chi connectivity index (χ4v) is 1.58. The minimum absolute atomic E-state index is 0.784. The lowest BCUT2D eigenvalue weighted by molar-refractivity contribution is 0.415. The van der Waals surface area contributed by atoms with Gasteiger partial charge in [0.05, 0.1) is 13.3 Å². The average Bonchev–Trinajstić information content (AvgIpc) is 2.85. The van der Waals surface area contributed by atoms with E-state index in [1.165, 1.54) is 5.56 Å². The van der Waals surface area contributed by atoms with Crippen molar-refractivity contribution in [2.75, 3.05) is 12.4 Å². The molecule has 0 unspecified atom stereocenters. The molecule has 0 atom stereocenters. The van der Waals surface area contributed by atoms with Gasteiger partial charge in [-0.05, 0) is 31.2 Å². The minimum atomic E-state index is 0.784. The van der Waals surface area contributed by atoms with Gasteiger partial charge in [-0.1, -0.05) is 0 Å². The van der Waals surface area contributed by atoms with E-state index in [1.54, 1.807) is 7.11 Å². The number of ether oxygens (including phenoxy) is 1. The highest BCUT2D eigenvalue weighted by Gasteiger charge is 1.98. The highest BCUT2D eigenvalue weighted by atomic mass is 16.5. The smallest absolute Gasteiger partial charge is 0.119 e. The first kappa shape index (κ1) is 11.5. The second-order valence-corrected chi connectivity index (χ2v) is 3.79. The Hall–Kier alpha value is -1.97. The van der Waals surface area contributed by atoms with E-state index in [4.69, 9.17) is 4.74 Å². The summed E-state index contributed by atoms with van der Waals surface area (Å²) in [5.41, 5.74) is 2.26. The first-order chi connectivity index (χ1) is 8.31. The van der Waals surface area contributed by atoms with Crippen molar-refractivity contribution in [3.8, 4) is 5.75 Å². The maximum Gasteiger partial charge on any atom is 0.119 e. The molecule has 1 heterocycles. The molecule has 0 aliphatic heterocycles. The Bertz CT molecular complexity index is 462. The van der Waals surface area contributed by atoms with Crippen LogP contribution in [-0.4, -0.2) is 16.9 Å². The third-order valence-corrected chi connectivity index (χ3v) is 2.60. The third kappa shape index (κ3) is 3.00. The molecule has 1 N–H and O–H groups in total. The predicted octanol–water partition coefficient (Wildman–Crippen LogP) is 2.52. The van der Waals surface area contributed by atoms with Gasteiger partial charge in [0.2, 0.25) is 0 Å². The molecular weight excluding hydrogens is 214 g/mol. The van der Waals surface area contributed by atoms with Crippen LogP contribution in [0.2, 0.25) is 0 Å². The van der Waals surface area contributed by atoms with Gasteiger partial charge in [0.25, 0.3) is 0 Å². The van der Waals surface area contributed by atoms with E-state index in [1.807, 2.05) is 35.1 Å². The topological polar surface area (TPSA) is 39.1 Å². The summed E-state index contributed by atoms with van der Waals surface area (Å²) in [4.78, 5) is 0. The SMILES string of the molecule is CCn1cc(CNc2ccc(OC)cc2)cn1. The van der Waals surface area contributed by atoms with Gasteiger partial charge in [-0.15, -0.1) is 0 Å². The maximum atomic E-state index is 5.11. The second kappa shape index (κ2) is 5.39. The predicted molar refractivity (Wildman–Crippen MR) is 68.2 cm³/mol. The van der Waals surface area contributed by atoms with Crippen LogP contribution in [0.25, 0.3) is 0 Å². The summed E-state index contributed by atoms with van der Waals surface area (Å²) >= 11 is 0. The van der Waals surface area contributed by atoms with E-state index in [0.29, 0.717) is 0 Å². The van der Waals surface area contributed by atoms with Crippen LogP contribution in [0.3, 0.4) is 0 Å². The Balaban J connectivity index is 1.92. The van der Waals surface area contributed by atoms with E-state index >= 15 is 0 Å². The second-order valence-electron chi connectivity index (χ2n) is 3.79. The summed E-state index contributed by atoms with van der Waals surface area (Å²) in [5.74, 6) is 0.870. The van der Waals surface area contributed by atoms with E-state index in [0.717, 1.165) is 24.5 Å². The van der Waals surface area contributed by atoms with E-state index < -0.39 is 0 Å². The Kier molecular flexibility index (Phi) is 3.65. The van der Waals surface area contributed by atoms with E-state index in [9.17, 15) is 0 Å². The van der Waals surface area contributed by atoms with Crippen LogP contribution in [0.1, 0.15) is 12.5 Å². The molecule has 4 heteroatoms. The molecule has 0 aliphatic rings. The summed E-state index contributed by atoms with van der Waals surface area (Å²) < 4.78 is 7.03. The number of hydrogen-bond acceptors (Lipinski definition) is 3. The van der Waals surface area contributed by atoms with Crippen molar-refractivity contribution in [3.63, 3.8) is 0 Å². The lowest BCUT2D eigenvalue weighted by Gasteiger charge is -2.05. The normalized spacial score (nSPS) is 10.2. The monoisotopic (exact) mass is 231 g/mol. The molecule has 4 nitrogen and oxygen atoms in total. The van der Waals surface area contributed by atoms with Crippen LogP contribution >= 0.6 is 0 Å². The molecule has 0 saturated carbocycles. The van der Waals surface area contributed by atoms with Crippen molar-refractivity contribution in [2.45, 2.75) is 20.0 Å². The van der Waals surface area contributed by atoms with Gasteiger partial charge in [-0.3, -0.25) is 4.68 Å². The number of methoxy groups -OCH3 is 1. The Morgan fingerprint density at radius 2 is 2.06 bits per heavy atom. The van der Waals surface area contributed by atoms with Crippen molar-refractivity contribution in [1.29, 1.82) is 0 Å². The average molecular weight is 231 g/mol. The van der Waals surface area contributed by atoms with Crippen LogP contribution in [0, 0.1) is 0 Å². The van der Waals surface area contributed by atoms with Gasteiger partial charge in [0.1, 0.15) is 5.75 Å². The highest BCUT2D eigenvalue weighted by Crippen LogP contribution is 2.15. The van der Waals surface area contributed by atoms with E-state index in [2.05, 4.69) is 23.5 Å². The number of benzene rings is 1. The van der Waals surface area contributed by atoms with Gasteiger partial charge >= 0.3 is 0 Å².